The van der Waals surface area contributed by atoms with E-state index in [-0.39, 0.29) is 27.9 Å². The second-order valence-corrected chi connectivity index (χ2v) is 4.07. The zero-order chi connectivity index (χ0) is 14.7. The summed E-state index contributed by atoms with van der Waals surface area (Å²) in [5.74, 6) is -0.966. The van der Waals surface area contributed by atoms with E-state index in [1.165, 1.54) is 24.3 Å². The van der Waals surface area contributed by atoms with Crippen LogP contribution >= 0.6 is 11.6 Å². The lowest BCUT2D eigenvalue weighted by atomic mass is 10.3. The number of aromatic nitrogens is 1. The molecule has 7 nitrogen and oxygen atoms in total. The SMILES string of the molecule is O=C(O)c1ccc(Oc2cc([N+](=O)[O-])ccc2Cl)nc1. The maximum Gasteiger partial charge on any atom is 0.337 e. The molecule has 0 atom stereocenters. The van der Waals surface area contributed by atoms with Crippen LogP contribution in [-0.2, 0) is 0 Å². The molecule has 0 aliphatic rings. The molecule has 2 aromatic rings. The normalized spacial score (nSPS) is 10.1. The average molecular weight is 295 g/mol. The van der Waals surface area contributed by atoms with E-state index in [9.17, 15) is 14.9 Å². The van der Waals surface area contributed by atoms with Crippen molar-refractivity contribution in [2.24, 2.45) is 0 Å². The van der Waals surface area contributed by atoms with E-state index in [2.05, 4.69) is 4.98 Å². The number of carboxylic acid groups (broad SMARTS) is 1. The molecule has 0 saturated carbocycles. The summed E-state index contributed by atoms with van der Waals surface area (Å²) in [6, 6.07) is 6.38. The summed E-state index contributed by atoms with van der Waals surface area (Å²) in [5, 5.41) is 19.6. The highest BCUT2D eigenvalue weighted by atomic mass is 35.5. The van der Waals surface area contributed by atoms with Crippen LogP contribution in [-0.4, -0.2) is 21.0 Å². The van der Waals surface area contributed by atoms with Crippen LogP contribution in [0.3, 0.4) is 0 Å². The van der Waals surface area contributed by atoms with E-state index in [0.717, 1.165) is 12.3 Å². The van der Waals surface area contributed by atoms with Crippen molar-refractivity contribution in [2.45, 2.75) is 0 Å². The number of rotatable bonds is 4. The van der Waals surface area contributed by atoms with E-state index in [4.69, 9.17) is 21.4 Å². The van der Waals surface area contributed by atoms with Crippen molar-refractivity contribution in [3.8, 4) is 11.6 Å². The Labute approximate surface area is 117 Å². The molecule has 20 heavy (non-hydrogen) atoms. The molecule has 0 spiro atoms. The molecule has 0 amide bonds. The van der Waals surface area contributed by atoms with Crippen LogP contribution < -0.4 is 4.74 Å². The Morgan fingerprint density at radius 1 is 1.35 bits per heavy atom. The van der Waals surface area contributed by atoms with Gasteiger partial charge in [-0.05, 0) is 12.1 Å². The molecule has 8 heteroatoms. The summed E-state index contributed by atoms with van der Waals surface area (Å²) >= 11 is 5.86. The number of nitrogens with zero attached hydrogens (tertiary/aromatic N) is 2. The van der Waals surface area contributed by atoms with E-state index in [1.54, 1.807) is 0 Å². The molecule has 0 aliphatic carbocycles. The number of carboxylic acids is 1. The second-order valence-electron chi connectivity index (χ2n) is 3.66. The van der Waals surface area contributed by atoms with Crippen molar-refractivity contribution in [3.05, 3.63) is 57.2 Å². The summed E-state index contributed by atoms with van der Waals surface area (Å²) < 4.78 is 5.29. The van der Waals surface area contributed by atoms with Gasteiger partial charge in [-0.2, -0.15) is 0 Å². The molecule has 1 aromatic heterocycles. The zero-order valence-corrected chi connectivity index (χ0v) is 10.6. The number of halogens is 1. The van der Waals surface area contributed by atoms with E-state index in [0.29, 0.717) is 0 Å². The molecule has 0 saturated heterocycles. The molecule has 1 heterocycles. The molecule has 0 bridgehead atoms. The Kier molecular flexibility index (Phi) is 3.81. The minimum absolute atomic E-state index is 0.00230. The highest BCUT2D eigenvalue weighted by Gasteiger charge is 2.12. The Hall–Kier alpha value is -2.67. The number of nitro groups is 1. The van der Waals surface area contributed by atoms with Gasteiger partial charge < -0.3 is 9.84 Å². The molecular formula is C12H7ClN2O5. The number of hydrogen-bond acceptors (Lipinski definition) is 5. The molecule has 1 aromatic carbocycles. The van der Waals surface area contributed by atoms with E-state index >= 15 is 0 Å². The van der Waals surface area contributed by atoms with Crippen LogP contribution in [0.2, 0.25) is 5.02 Å². The van der Waals surface area contributed by atoms with Gasteiger partial charge in [0.2, 0.25) is 5.88 Å². The average Bonchev–Trinajstić information content (AvgIpc) is 2.41. The number of hydrogen-bond donors (Lipinski definition) is 1. The van der Waals surface area contributed by atoms with Crippen molar-refractivity contribution >= 4 is 23.3 Å². The predicted octanol–water partition coefficient (Wildman–Crippen LogP) is 3.13. The van der Waals surface area contributed by atoms with Gasteiger partial charge in [-0.25, -0.2) is 9.78 Å². The molecular weight excluding hydrogens is 288 g/mol. The number of carbonyl (C=O) groups is 1. The van der Waals surface area contributed by atoms with Crippen molar-refractivity contribution in [3.63, 3.8) is 0 Å². The second kappa shape index (κ2) is 5.54. The molecule has 0 unspecified atom stereocenters. The van der Waals surface area contributed by atoms with Gasteiger partial charge in [0.25, 0.3) is 5.69 Å². The fourth-order valence-electron chi connectivity index (χ4n) is 1.36. The Bertz CT molecular complexity index is 672. The predicted molar refractivity (Wildman–Crippen MR) is 69.4 cm³/mol. The minimum atomic E-state index is -1.11. The summed E-state index contributed by atoms with van der Waals surface area (Å²) in [5.41, 5.74) is -0.172. The van der Waals surface area contributed by atoms with E-state index < -0.39 is 10.9 Å². The molecule has 0 aliphatic heterocycles. The largest absolute Gasteiger partial charge is 0.478 e. The van der Waals surface area contributed by atoms with Crippen molar-refractivity contribution in [2.75, 3.05) is 0 Å². The standard InChI is InChI=1S/C12H7ClN2O5/c13-9-3-2-8(15(18)19)5-10(9)20-11-4-1-7(6-14-11)12(16)17/h1-6H,(H,16,17). The summed E-state index contributed by atoms with van der Waals surface area (Å²) in [7, 11) is 0. The maximum absolute atomic E-state index is 10.7. The highest BCUT2D eigenvalue weighted by molar-refractivity contribution is 6.32. The van der Waals surface area contributed by atoms with Crippen LogP contribution in [0.15, 0.2) is 36.5 Å². The van der Waals surface area contributed by atoms with Gasteiger partial charge in [0.05, 0.1) is 21.6 Å². The van der Waals surface area contributed by atoms with Crippen LogP contribution in [0.1, 0.15) is 10.4 Å². The third-order valence-electron chi connectivity index (χ3n) is 2.32. The monoisotopic (exact) mass is 294 g/mol. The number of pyridine rings is 1. The van der Waals surface area contributed by atoms with E-state index in [1.807, 2.05) is 0 Å². The maximum atomic E-state index is 10.7. The smallest absolute Gasteiger partial charge is 0.337 e. The number of ether oxygens (including phenoxy) is 1. The molecule has 1 N–H and O–H groups in total. The topological polar surface area (TPSA) is 103 Å². The van der Waals surface area contributed by atoms with Crippen LogP contribution in [0, 0.1) is 10.1 Å². The Balaban J connectivity index is 2.27. The molecule has 0 fully saturated rings. The number of aromatic carboxylic acids is 1. The van der Waals surface area contributed by atoms with Gasteiger partial charge in [0, 0.05) is 18.3 Å². The van der Waals surface area contributed by atoms with Gasteiger partial charge in [-0.1, -0.05) is 11.6 Å². The summed E-state index contributed by atoms with van der Waals surface area (Å²) in [6.45, 7) is 0. The van der Waals surface area contributed by atoms with Gasteiger partial charge in [-0.3, -0.25) is 10.1 Å². The van der Waals surface area contributed by atoms with Gasteiger partial charge in [-0.15, -0.1) is 0 Å². The third-order valence-corrected chi connectivity index (χ3v) is 2.64. The summed E-state index contributed by atoms with van der Waals surface area (Å²) in [4.78, 5) is 24.5. The minimum Gasteiger partial charge on any atom is -0.478 e. The Morgan fingerprint density at radius 3 is 2.65 bits per heavy atom. The van der Waals surface area contributed by atoms with Crippen LogP contribution in [0.4, 0.5) is 5.69 Å². The molecule has 102 valence electrons. The van der Waals surface area contributed by atoms with Crippen molar-refractivity contribution < 1.29 is 19.6 Å². The first-order chi connectivity index (χ1) is 9.47. The fourth-order valence-corrected chi connectivity index (χ4v) is 1.52. The lowest BCUT2D eigenvalue weighted by Gasteiger charge is -2.06. The lowest BCUT2D eigenvalue weighted by molar-refractivity contribution is -0.384. The van der Waals surface area contributed by atoms with Gasteiger partial charge in [0.1, 0.15) is 0 Å². The number of nitro benzene ring substituents is 1. The van der Waals surface area contributed by atoms with Gasteiger partial charge >= 0.3 is 5.97 Å². The first-order valence-electron chi connectivity index (χ1n) is 5.28. The van der Waals surface area contributed by atoms with Crippen LogP contribution in [0.5, 0.6) is 11.6 Å². The van der Waals surface area contributed by atoms with Crippen molar-refractivity contribution in [1.82, 2.24) is 4.98 Å². The zero-order valence-electron chi connectivity index (χ0n) is 9.82. The first-order valence-corrected chi connectivity index (χ1v) is 5.66. The number of non-ortho nitro benzene ring substituents is 1. The van der Waals surface area contributed by atoms with Crippen LogP contribution in [0.25, 0.3) is 0 Å². The number of benzene rings is 1. The lowest BCUT2D eigenvalue weighted by Crippen LogP contribution is -1.97. The molecule has 0 radical (unpaired) electrons. The van der Waals surface area contributed by atoms with Gasteiger partial charge in [0.15, 0.2) is 5.75 Å². The molecule has 2 rings (SSSR count). The third kappa shape index (κ3) is 3.01. The van der Waals surface area contributed by atoms with Crippen molar-refractivity contribution in [1.29, 1.82) is 0 Å². The summed E-state index contributed by atoms with van der Waals surface area (Å²) in [6.07, 6.45) is 1.11. The fraction of sp³-hybridized carbons (Fsp3) is 0. The Morgan fingerprint density at radius 2 is 2.10 bits per heavy atom. The first kappa shape index (κ1) is 13.8. The quantitative estimate of drug-likeness (QED) is 0.686. The highest BCUT2D eigenvalue weighted by Crippen LogP contribution is 2.31.